The maximum Gasteiger partial charge on any atom is 0.339 e. The summed E-state index contributed by atoms with van der Waals surface area (Å²) >= 11 is 0. The van der Waals surface area contributed by atoms with E-state index in [1.807, 2.05) is 4.90 Å². The fourth-order valence-electron chi connectivity index (χ4n) is 2.28. The lowest BCUT2D eigenvalue weighted by atomic mass is 10.1. The van der Waals surface area contributed by atoms with E-state index in [2.05, 4.69) is 21.1 Å². The molecule has 3 heterocycles. The van der Waals surface area contributed by atoms with Crippen LogP contribution in [0.3, 0.4) is 0 Å². The third-order valence-corrected chi connectivity index (χ3v) is 3.30. The van der Waals surface area contributed by atoms with Crippen LogP contribution in [0.25, 0.3) is 11.5 Å². The predicted octanol–water partition coefficient (Wildman–Crippen LogP) is 0.328. The van der Waals surface area contributed by atoms with Crippen molar-refractivity contribution in [2.45, 2.75) is 13.0 Å². The van der Waals surface area contributed by atoms with Gasteiger partial charge in [0.25, 0.3) is 0 Å². The summed E-state index contributed by atoms with van der Waals surface area (Å²) in [5, 5.41) is 4.00. The molecule has 0 fully saturated rings. The molecular formula is C12H14FN6O. The van der Waals surface area contributed by atoms with E-state index >= 15 is 0 Å². The van der Waals surface area contributed by atoms with Gasteiger partial charge in [0, 0.05) is 44.0 Å². The van der Waals surface area contributed by atoms with Crippen molar-refractivity contribution < 1.29 is 9.18 Å². The van der Waals surface area contributed by atoms with Crippen LogP contribution >= 0.6 is 0 Å². The monoisotopic (exact) mass is 277 g/mol. The van der Waals surface area contributed by atoms with E-state index in [9.17, 15) is 9.18 Å². The molecule has 20 heavy (non-hydrogen) atoms. The Morgan fingerprint density at radius 1 is 1.60 bits per heavy atom. The van der Waals surface area contributed by atoms with Crippen molar-refractivity contribution in [1.29, 1.82) is 0 Å². The summed E-state index contributed by atoms with van der Waals surface area (Å²) in [6.07, 6.45) is 2.16. The van der Waals surface area contributed by atoms with Gasteiger partial charge in [-0.3, -0.25) is 4.90 Å². The predicted molar refractivity (Wildman–Crippen MR) is 68.6 cm³/mol. The molecule has 8 heteroatoms. The summed E-state index contributed by atoms with van der Waals surface area (Å²) in [6.45, 7) is 1.48. The number of rotatable bonds is 3. The SMILES string of the molecule is NC(=O)n1c[c]c(-c2nc3c([nH]2)CCN(CCF)C3)n1. The third kappa shape index (κ3) is 2.29. The average Bonchev–Trinajstić information content (AvgIpc) is 3.05. The first-order valence-electron chi connectivity index (χ1n) is 6.31. The van der Waals surface area contributed by atoms with Crippen molar-refractivity contribution in [3.05, 3.63) is 23.7 Å². The highest BCUT2D eigenvalue weighted by Crippen LogP contribution is 2.21. The fourth-order valence-corrected chi connectivity index (χ4v) is 2.28. The molecule has 0 atom stereocenters. The molecule has 0 saturated heterocycles. The second kappa shape index (κ2) is 5.04. The summed E-state index contributed by atoms with van der Waals surface area (Å²) < 4.78 is 13.4. The van der Waals surface area contributed by atoms with E-state index in [4.69, 9.17) is 5.73 Å². The first-order valence-corrected chi connectivity index (χ1v) is 6.31. The number of nitrogens with two attached hydrogens (primary N) is 1. The minimum Gasteiger partial charge on any atom is -0.350 e. The number of carbonyl (C=O) groups excluding carboxylic acids is 1. The number of nitrogens with one attached hydrogen (secondary N) is 1. The first kappa shape index (κ1) is 12.8. The van der Waals surface area contributed by atoms with Crippen LogP contribution in [0.5, 0.6) is 0 Å². The molecule has 2 aromatic heterocycles. The zero-order valence-electron chi connectivity index (χ0n) is 10.8. The molecule has 3 rings (SSSR count). The first-order chi connectivity index (χ1) is 9.67. The Morgan fingerprint density at radius 2 is 2.45 bits per heavy atom. The topological polar surface area (TPSA) is 92.8 Å². The average molecular weight is 277 g/mol. The standard InChI is InChI=1S/C12H14FN6O/c13-3-6-18-4-1-8-10(7-18)16-11(15-8)9-2-5-19(17-9)12(14)20/h5H,1,3-4,6-7H2,(H2,14,20)(H,15,16). The van der Waals surface area contributed by atoms with Gasteiger partial charge in [0.15, 0.2) is 5.82 Å². The molecule has 2 aromatic rings. The molecule has 1 aliphatic rings. The van der Waals surface area contributed by atoms with E-state index in [1.54, 1.807) is 0 Å². The summed E-state index contributed by atoms with van der Waals surface area (Å²) in [6, 6.07) is 2.16. The lowest BCUT2D eigenvalue weighted by Gasteiger charge is -2.24. The Labute approximate surface area is 114 Å². The van der Waals surface area contributed by atoms with Gasteiger partial charge >= 0.3 is 6.03 Å². The quantitative estimate of drug-likeness (QED) is 0.845. The van der Waals surface area contributed by atoms with Crippen LogP contribution in [0.15, 0.2) is 6.20 Å². The van der Waals surface area contributed by atoms with E-state index in [0.29, 0.717) is 24.6 Å². The second-order valence-electron chi connectivity index (χ2n) is 4.63. The molecule has 0 spiro atoms. The Balaban J connectivity index is 1.84. The fraction of sp³-hybridized carbons (Fsp3) is 0.417. The molecule has 0 saturated carbocycles. The molecule has 0 aliphatic carbocycles. The Kier molecular flexibility index (Phi) is 3.23. The number of halogens is 1. The van der Waals surface area contributed by atoms with Gasteiger partial charge in [0.2, 0.25) is 0 Å². The Bertz CT molecular complexity index is 634. The van der Waals surface area contributed by atoms with Crippen LogP contribution in [0.2, 0.25) is 0 Å². The lowest BCUT2D eigenvalue weighted by Crippen LogP contribution is -2.32. The maximum atomic E-state index is 12.4. The van der Waals surface area contributed by atoms with Crippen molar-refractivity contribution in [2.75, 3.05) is 19.8 Å². The largest absolute Gasteiger partial charge is 0.350 e. The molecule has 105 valence electrons. The molecule has 1 amide bonds. The molecule has 7 nitrogen and oxygen atoms in total. The zero-order valence-corrected chi connectivity index (χ0v) is 10.8. The molecule has 0 bridgehead atoms. The van der Waals surface area contributed by atoms with E-state index in [0.717, 1.165) is 29.0 Å². The number of aromatic nitrogens is 4. The summed E-state index contributed by atoms with van der Waals surface area (Å²) in [5.41, 5.74) is 7.48. The molecular weight excluding hydrogens is 263 g/mol. The van der Waals surface area contributed by atoms with Crippen LogP contribution in [-0.2, 0) is 13.0 Å². The summed E-state index contributed by atoms with van der Waals surface area (Å²) in [5.74, 6) is 0.553. The third-order valence-electron chi connectivity index (χ3n) is 3.30. The van der Waals surface area contributed by atoms with Gasteiger partial charge in [-0.05, 0) is 0 Å². The van der Waals surface area contributed by atoms with Crippen molar-refractivity contribution in [3.63, 3.8) is 0 Å². The van der Waals surface area contributed by atoms with Gasteiger partial charge in [-0.25, -0.2) is 14.2 Å². The number of amides is 1. The number of aromatic amines is 1. The van der Waals surface area contributed by atoms with Gasteiger partial charge in [-0.15, -0.1) is 0 Å². The van der Waals surface area contributed by atoms with E-state index in [-0.39, 0.29) is 6.67 Å². The van der Waals surface area contributed by atoms with Crippen LogP contribution in [0, 0.1) is 6.07 Å². The number of hydrogen-bond donors (Lipinski definition) is 2. The minimum absolute atomic E-state index is 0.358. The minimum atomic E-state index is -0.669. The van der Waals surface area contributed by atoms with Crippen LogP contribution in [-0.4, -0.2) is 50.4 Å². The number of alkyl halides is 1. The smallest absolute Gasteiger partial charge is 0.339 e. The number of fused-ring (bicyclic) bond motifs is 1. The summed E-state index contributed by atoms with van der Waals surface area (Å²) in [7, 11) is 0. The normalized spacial score (nSPS) is 15.2. The molecule has 0 aromatic carbocycles. The number of nitrogens with zero attached hydrogens (tertiary/aromatic N) is 4. The van der Waals surface area contributed by atoms with Crippen molar-refractivity contribution >= 4 is 6.03 Å². The highest BCUT2D eigenvalue weighted by Gasteiger charge is 2.21. The van der Waals surface area contributed by atoms with Crippen molar-refractivity contribution in [2.24, 2.45) is 5.73 Å². The number of primary amides is 1. The van der Waals surface area contributed by atoms with Crippen LogP contribution in [0.4, 0.5) is 9.18 Å². The van der Waals surface area contributed by atoms with Gasteiger partial charge in [0.05, 0.1) is 5.69 Å². The Morgan fingerprint density at radius 3 is 3.15 bits per heavy atom. The number of imidazole rings is 1. The van der Waals surface area contributed by atoms with Crippen LogP contribution in [0.1, 0.15) is 11.4 Å². The van der Waals surface area contributed by atoms with Gasteiger partial charge in [-0.1, -0.05) is 0 Å². The highest BCUT2D eigenvalue weighted by molar-refractivity contribution is 5.74. The molecule has 1 aliphatic heterocycles. The zero-order chi connectivity index (χ0) is 14.1. The molecule has 0 unspecified atom stereocenters. The molecule has 1 radical (unpaired) electrons. The number of H-pyrrole nitrogens is 1. The van der Waals surface area contributed by atoms with Gasteiger partial charge in [-0.2, -0.15) is 9.78 Å². The Hall–Kier alpha value is -2.22. The van der Waals surface area contributed by atoms with Gasteiger partial charge in [0.1, 0.15) is 12.4 Å². The van der Waals surface area contributed by atoms with E-state index in [1.165, 1.54) is 6.20 Å². The van der Waals surface area contributed by atoms with Crippen LogP contribution < -0.4 is 5.73 Å². The maximum absolute atomic E-state index is 12.4. The second-order valence-corrected chi connectivity index (χ2v) is 4.63. The van der Waals surface area contributed by atoms with E-state index < -0.39 is 6.03 Å². The summed E-state index contributed by atoms with van der Waals surface area (Å²) in [4.78, 5) is 20.6. The van der Waals surface area contributed by atoms with Crippen molar-refractivity contribution in [1.82, 2.24) is 24.6 Å². The number of carbonyl (C=O) groups is 1. The number of hydrogen-bond acceptors (Lipinski definition) is 4. The highest BCUT2D eigenvalue weighted by atomic mass is 19.1. The van der Waals surface area contributed by atoms with Gasteiger partial charge < -0.3 is 10.7 Å². The lowest BCUT2D eigenvalue weighted by molar-refractivity contribution is 0.228. The molecule has 3 N–H and O–H groups in total. The van der Waals surface area contributed by atoms with Crippen molar-refractivity contribution in [3.8, 4) is 11.5 Å².